The Balaban J connectivity index is 2.14. The minimum absolute atomic E-state index is 0.175. The summed E-state index contributed by atoms with van der Waals surface area (Å²) in [5.41, 5.74) is 6.59. The summed E-state index contributed by atoms with van der Waals surface area (Å²) in [6.45, 7) is 0.322. The molecule has 0 bridgehead atoms. The summed E-state index contributed by atoms with van der Waals surface area (Å²) < 4.78 is 0. The molecule has 5 heteroatoms. The van der Waals surface area contributed by atoms with Crippen LogP contribution in [0.2, 0.25) is 0 Å². The molecule has 1 heterocycles. The lowest BCUT2D eigenvalue weighted by atomic mass is 10.1. The first kappa shape index (κ1) is 12.6. The van der Waals surface area contributed by atoms with Crippen LogP contribution >= 0.6 is 0 Å². The van der Waals surface area contributed by atoms with Gasteiger partial charge in [0.1, 0.15) is 6.04 Å². The van der Waals surface area contributed by atoms with Gasteiger partial charge in [-0.15, -0.1) is 0 Å². The molecular weight excluding hydrogens is 232 g/mol. The monoisotopic (exact) mass is 248 g/mol. The summed E-state index contributed by atoms with van der Waals surface area (Å²) in [4.78, 5) is 24.4. The number of likely N-dealkylation sites (tertiary alicyclic amines) is 1. The van der Waals surface area contributed by atoms with Crippen molar-refractivity contribution in [1.82, 2.24) is 4.90 Å². The fraction of sp³-hybridized carbons (Fsp3) is 0.385. The number of benzene rings is 1. The van der Waals surface area contributed by atoms with E-state index in [1.54, 1.807) is 0 Å². The van der Waals surface area contributed by atoms with E-state index in [9.17, 15) is 14.7 Å². The van der Waals surface area contributed by atoms with Gasteiger partial charge in [0.15, 0.2) is 0 Å². The van der Waals surface area contributed by atoms with E-state index in [1.807, 2.05) is 30.3 Å². The zero-order valence-corrected chi connectivity index (χ0v) is 9.95. The molecule has 1 aliphatic heterocycles. The molecule has 1 aliphatic rings. The molecule has 2 atom stereocenters. The van der Waals surface area contributed by atoms with E-state index in [0.29, 0.717) is 13.0 Å². The predicted octanol–water partition coefficient (Wildman–Crippen LogP) is 0.242. The highest BCUT2D eigenvalue weighted by Gasteiger charge is 2.36. The van der Waals surface area contributed by atoms with E-state index in [4.69, 9.17) is 5.73 Å². The minimum atomic E-state index is -0.985. The predicted molar refractivity (Wildman–Crippen MR) is 65.9 cm³/mol. The number of carboxylic acids is 1. The molecule has 0 aliphatic carbocycles. The quantitative estimate of drug-likeness (QED) is 0.799. The maximum atomic E-state index is 11.7. The Kier molecular flexibility index (Phi) is 3.62. The van der Waals surface area contributed by atoms with Crippen molar-refractivity contribution in [2.75, 3.05) is 6.54 Å². The Morgan fingerprint density at radius 3 is 2.61 bits per heavy atom. The van der Waals surface area contributed by atoms with Gasteiger partial charge >= 0.3 is 5.97 Å². The van der Waals surface area contributed by atoms with Crippen LogP contribution in [0.15, 0.2) is 30.3 Å². The Labute approximate surface area is 105 Å². The summed E-state index contributed by atoms with van der Waals surface area (Å²) in [7, 11) is 0. The topological polar surface area (TPSA) is 83.6 Å². The van der Waals surface area contributed by atoms with Crippen LogP contribution in [0.4, 0.5) is 0 Å². The van der Waals surface area contributed by atoms with E-state index in [2.05, 4.69) is 0 Å². The van der Waals surface area contributed by atoms with Crippen LogP contribution in [-0.4, -0.2) is 40.5 Å². The van der Waals surface area contributed by atoms with Gasteiger partial charge in [0.25, 0.3) is 0 Å². The normalized spacial score (nSPS) is 21.1. The van der Waals surface area contributed by atoms with Gasteiger partial charge in [-0.3, -0.25) is 4.79 Å². The van der Waals surface area contributed by atoms with Crippen LogP contribution in [0.1, 0.15) is 12.0 Å². The second-order valence-corrected chi connectivity index (χ2v) is 4.55. The van der Waals surface area contributed by atoms with Crippen LogP contribution in [0.25, 0.3) is 0 Å². The van der Waals surface area contributed by atoms with Crippen molar-refractivity contribution in [3.05, 3.63) is 35.9 Å². The highest BCUT2D eigenvalue weighted by Crippen LogP contribution is 2.17. The van der Waals surface area contributed by atoms with Gasteiger partial charge in [-0.1, -0.05) is 30.3 Å². The summed E-state index contributed by atoms with van der Waals surface area (Å²) in [5.74, 6) is -1.16. The second-order valence-electron chi connectivity index (χ2n) is 4.55. The lowest BCUT2D eigenvalue weighted by Crippen LogP contribution is -2.44. The van der Waals surface area contributed by atoms with Crippen molar-refractivity contribution in [2.45, 2.75) is 24.9 Å². The molecule has 1 amide bonds. The first-order valence-corrected chi connectivity index (χ1v) is 5.89. The molecule has 96 valence electrons. The number of hydrogen-bond acceptors (Lipinski definition) is 3. The van der Waals surface area contributed by atoms with Crippen LogP contribution in [0, 0.1) is 0 Å². The van der Waals surface area contributed by atoms with E-state index in [0.717, 1.165) is 5.56 Å². The largest absolute Gasteiger partial charge is 0.480 e. The minimum Gasteiger partial charge on any atom is -0.480 e. The smallest absolute Gasteiger partial charge is 0.326 e. The van der Waals surface area contributed by atoms with Gasteiger partial charge in [0.2, 0.25) is 5.91 Å². The summed E-state index contributed by atoms with van der Waals surface area (Å²) >= 11 is 0. The molecule has 1 fully saturated rings. The zero-order chi connectivity index (χ0) is 13.1. The Bertz CT molecular complexity index is 447. The summed E-state index contributed by atoms with van der Waals surface area (Å²) in [6, 6.07) is 8.21. The molecule has 3 N–H and O–H groups in total. The van der Waals surface area contributed by atoms with Crippen LogP contribution in [-0.2, 0) is 16.0 Å². The summed E-state index contributed by atoms with van der Waals surface area (Å²) in [6.07, 6.45) is 0.549. The van der Waals surface area contributed by atoms with Crippen molar-refractivity contribution in [1.29, 1.82) is 0 Å². The maximum Gasteiger partial charge on any atom is 0.326 e. The van der Waals surface area contributed by atoms with Crippen molar-refractivity contribution in [2.24, 2.45) is 5.73 Å². The highest BCUT2D eigenvalue weighted by molar-refractivity contribution is 5.85. The molecule has 0 saturated carbocycles. The van der Waals surface area contributed by atoms with Crippen LogP contribution in [0.5, 0.6) is 0 Å². The molecule has 0 spiro atoms. The van der Waals surface area contributed by atoms with Crippen LogP contribution < -0.4 is 5.73 Å². The van der Waals surface area contributed by atoms with Crippen LogP contribution in [0.3, 0.4) is 0 Å². The molecule has 1 aromatic rings. The van der Waals surface area contributed by atoms with E-state index in [1.165, 1.54) is 4.90 Å². The fourth-order valence-electron chi connectivity index (χ4n) is 2.23. The van der Waals surface area contributed by atoms with E-state index >= 15 is 0 Å². The first-order valence-electron chi connectivity index (χ1n) is 5.89. The average molecular weight is 248 g/mol. The van der Waals surface area contributed by atoms with Crippen molar-refractivity contribution >= 4 is 11.9 Å². The number of nitrogens with zero attached hydrogens (tertiary/aromatic N) is 1. The number of amides is 1. The molecule has 5 nitrogen and oxygen atoms in total. The molecular formula is C13H16N2O3. The Hall–Kier alpha value is -1.88. The van der Waals surface area contributed by atoms with Gasteiger partial charge in [-0.2, -0.15) is 0 Å². The maximum absolute atomic E-state index is 11.7. The molecule has 2 unspecified atom stereocenters. The van der Waals surface area contributed by atoms with Crippen molar-refractivity contribution in [3.8, 4) is 0 Å². The number of carbonyl (C=O) groups excluding carboxylic acids is 1. The first-order chi connectivity index (χ1) is 8.58. The second kappa shape index (κ2) is 5.18. The number of carbonyl (C=O) groups is 2. The molecule has 0 radical (unpaired) electrons. The van der Waals surface area contributed by atoms with E-state index < -0.39 is 12.0 Å². The molecule has 0 aromatic heterocycles. The average Bonchev–Trinajstić information content (AvgIpc) is 2.66. The SMILES string of the molecule is NC1CC(=O)N(C(Cc2ccccc2)C(=O)O)C1. The Morgan fingerprint density at radius 2 is 2.11 bits per heavy atom. The van der Waals surface area contributed by atoms with Gasteiger partial charge in [-0.05, 0) is 5.56 Å². The number of rotatable bonds is 4. The number of hydrogen-bond donors (Lipinski definition) is 2. The summed E-state index contributed by atoms with van der Waals surface area (Å²) in [5, 5.41) is 9.26. The molecule has 18 heavy (non-hydrogen) atoms. The van der Waals surface area contributed by atoms with Crippen molar-refractivity contribution in [3.63, 3.8) is 0 Å². The molecule has 1 aromatic carbocycles. The standard InChI is InChI=1S/C13H16N2O3/c14-10-7-12(16)15(8-10)11(13(17)18)6-9-4-2-1-3-5-9/h1-5,10-11H,6-8,14H2,(H,17,18). The third-order valence-corrected chi connectivity index (χ3v) is 3.12. The molecule has 2 rings (SSSR count). The third-order valence-electron chi connectivity index (χ3n) is 3.12. The van der Waals surface area contributed by atoms with E-state index in [-0.39, 0.29) is 18.4 Å². The number of carboxylic acid groups (broad SMARTS) is 1. The highest BCUT2D eigenvalue weighted by atomic mass is 16.4. The van der Waals surface area contributed by atoms with Gasteiger partial charge in [-0.25, -0.2) is 4.79 Å². The zero-order valence-electron chi connectivity index (χ0n) is 9.95. The lowest BCUT2D eigenvalue weighted by Gasteiger charge is -2.24. The third kappa shape index (κ3) is 2.68. The van der Waals surface area contributed by atoms with Crippen molar-refractivity contribution < 1.29 is 14.7 Å². The Morgan fingerprint density at radius 1 is 1.44 bits per heavy atom. The van der Waals surface area contributed by atoms with Gasteiger partial charge in [0, 0.05) is 25.4 Å². The molecule has 1 saturated heterocycles. The van der Waals surface area contributed by atoms with Gasteiger partial charge < -0.3 is 15.7 Å². The lowest BCUT2D eigenvalue weighted by molar-refractivity contribution is -0.148. The fourth-order valence-corrected chi connectivity index (χ4v) is 2.23. The number of aliphatic carboxylic acids is 1. The number of nitrogens with two attached hydrogens (primary N) is 1. The van der Waals surface area contributed by atoms with Gasteiger partial charge in [0.05, 0.1) is 0 Å².